The number of carbonyl (C=O) groups excluding carboxylic acids is 3. The van der Waals surface area contributed by atoms with Gasteiger partial charge in [0.15, 0.2) is 6.10 Å². The van der Waals surface area contributed by atoms with Gasteiger partial charge in [-0.15, -0.1) is 0 Å². The van der Waals surface area contributed by atoms with E-state index in [9.17, 15) is 14.4 Å². The van der Waals surface area contributed by atoms with Crippen LogP contribution < -0.4 is 0 Å². The molecule has 0 bridgehead atoms. The predicted molar refractivity (Wildman–Crippen MR) is 275 cm³/mol. The molecule has 1 atom stereocenters. The third-order valence-corrected chi connectivity index (χ3v) is 11.9. The van der Waals surface area contributed by atoms with E-state index in [1.54, 1.807) is 0 Å². The summed E-state index contributed by atoms with van der Waals surface area (Å²) < 4.78 is 16.8. The Morgan fingerprint density at radius 2 is 0.625 bits per heavy atom. The van der Waals surface area contributed by atoms with Gasteiger partial charge in [-0.2, -0.15) is 0 Å². The molecule has 0 rings (SSSR count). The topological polar surface area (TPSA) is 78.9 Å². The zero-order valence-corrected chi connectivity index (χ0v) is 42.3. The lowest BCUT2D eigenvalue weighted by Gasteiger charge is -2.18. The molecule has 1 unspecified atom stereocenters. The Morgan fingerprint density at radius 3 is 1.02 bits per heavy atom. The van der Waals surface area contributed by atoms with Crippen LogP contribution >= 0.6 is 0 Å². The molecule has 0 aromatic rings. The molecule has 0 saturated heterocycles. The van der Waals surface area contributed by atoms with E-state index in [-0.39, 0.29) is 31.1 Å². The fourth-order valence-electron chi connectivity index (χ4n) is 7.74. The van der Waals surface area contributed by atoms with Crippen LogP contribution in [0.4, 0.5) is 0 Å². The van der Waals surface area contributed by atoms with Crippen molar-refractivity contribution in [3.63, 3.8) is 0 Å². The molecule has 0 spiro atoms. The summed E-state index contributed by atoms with van der Waals surface area (Å²) in [4.78, 5) is 38.0. The van der Waals surface area contributed by atoms with Crippen molar-refractivity contribution in [2.24, 2.45) is 0 Å². The highest BCUT2D eigenvalue weighted by Crippen LogP contribution is 2.16. The van der Waals surface area contributed by atoms with Gasteiger partial charge in [0.05, 0.1) is 0 Å². The van der Waals surface area contributed by atoms with Crippen LogP contribution in [0.1, 0.15) is 271 Å². The summed E-state index contributed by atoms with van der Waals surface area (Å²) in [5.41, 5.74) is 0. The van der Waals surface area contributed by atoms with Gasteiger partial charge in [-0.25, -0.2) is 0 Å². The van der Waals surface area contributed by atoms with Crippen molar-refractivity contribution in [2.45, 2.75) is 277 Å². The van der Waals surface area contributed by atoms with Crippen molar-refractivity contribution in [3.05, 3.63) is 60.8 Å². The number of hydrogen-bond donors (Lipinski definition) is 0. The molecule has 0 N–H and O–H groups in total. The maximum absolute atomic E-state index is 12.8. The van der Waals surface area contributed by atoms with Crippen LogP contribution in [0.15, 0.2) is 60.8 Å². The highest BCUT2D eigenvalue weighted by atomic mass is 16.6. The Bertz CT molecular complexity index is 1170. The van der Waals surface area contributed by atoms with E-state index >= 15 is 0 Å². The molecule has 0 aromatic heterocycles. The van der Waals surface area contributed by atoms with Crippen molar-refractivity contribution < 1.29 is 28.6 Å². The van der Waals surface area contributed by atoms with Gasteiger partial charge in [-0.1, -0.05) is 248 Å². The first-order chi connectivity index (χ1) is 31.5. The third kappa shape index (κ3) is 50.1. The second-order valence-electron chi connectivity index (χ2n) is 18.2. The summed E-state index contributed by atoms with van der Waals surface area (Å²) >= 11 is 0. The van der Waals surface area contributed by atoms with E-state index < -0.39 is 6.10 Å². The van der Waals surface area contributed by atoms with Crippen molar-refractivity contribution in [3.8, 4) is 0 Å². The summed E-state index contributed by atoms with van der Waals surface area (Å²) in [6.45, 7) is 6.47. The predicted octanol–water partition coefficient (Wildman–Crippen LogP) is 18.0. The molecule has 0 aliphatic carbocycles. The Hall–Kier alpha value is -2.89. The molecule has 6 nitrogen and oxygen atoms in total. The minimum atomic E-state index is -0.796. The molecule has 0 fully saturated rings. The minimum absolute atomic E-state index is 0.0907. The van der Waals surface area contributed by atoms with Crippen molar-refractivity contribution in [1.82, 2.24) is 0 Å². The number of ether oxygens (including phenoxy) is 3. The fraction of sp³-hybridized carbons (Fsp3) is 0.776. The second-order valence-corrected chi connectivity index (χ2v) is 18.2. The summed E-state index contributed by atoms with van der Waals surface area (Å²) in [6.07, 6.45) is 65.0. The van der Waals surface area contributed by atoms with Crippen LogP contribution in [0.3, 0.4) is 0 Å². The van der Waals surface area contributed by atoms with Crippen LogP contribution in [0.2, 0.25) is 0 Å². The molecule has 0 heterocycles. The molecule has 6 heteroatoms. The van der Waals surface area contributed by atoms with Crippen LogP contribution in [0, 0.1) is 0 Å². The molecule has 0 amide bonds. The van der Waals surface area contributed by atoms with Crippen LogP contribution in [0.25, 0.3) is 0 Å². The maximum atomic E-state index is 12.8. The van der Waals surface area contributed by atoms with Crippen LogP contribution in [-0.4, -0.2) is 37.2 Å². The Balaban J connectivity index is 4.37. The van der Waals surface area contributed by atoms with Crippen molar-refractivity contribution >= 4 is 17.9 Å². The molecular weight excluding hydrogens is 793 g/mol. The number of esters is 3. The smallest absolute Gasteiger partial charge is 0.306 e. The molecule has 0 aliphatic heterocycles. The average Bonchev–Trinajstić information content (AvgIpc) is 3.29. The first kappa shape index (κ1) is 61.1. The summed E-state index contributed by atoms with van der Waals surface area (Å²) in [7, 11) is 0. The molecule has 0 saturated carbocycles. The quantitative estimate of drug-likeness (QED) is 0.0199. The second kappa shape index (κ2) is 52.7. The first-order valence-electron chi connectivity index (χ1n) is 27.3. The normalized spacial score (nSPS) is 12.5. The van der Waals surface area contributed by atoms with Gasteiger partial charge in [0, 0.05) is 19.3 Å². The van der Waals surface area contributed by atoms with E-state index in [2.05, 4.69) is 51.2 Å². The van der Waals surface area contributed by atoms with Crippen LogP contribution in [0.5, 0.6) is 0 Å². The van der Waals surface area contributed by atoms with E-state index in [4.69, 9.17) is 14.2 Å². The van der Waals surface area contributed by atoms with E-state index in [0.29, 0.717) is 19.3 Å². The Labute approximate surface area is 396 Å². The summed E-state index contributed by atoms with van der Waals surface area (Å²) in [6, 6.07) is 0. The number of hydrogen-bond acceptors (Lipinski definition) is 6. The average molecular weight is 895 g/mol. The zero-order chi connectivity index (χ0) is 46.5. The number of unbranched alkanes of at least 4 members (excludes halogenated alkanes) is 31. The molecule has 370 valence electrons. The first-order valence-corrected chi connectivity index (χ1v) is 27.3. The molecule has 0 radical (unpaired) electrons. The van der Waals surface area contributed by atoms with Gasteiger partial charge in [0.1, 0.15) is 13.2 Å². The zero-order valence-electron chi connectivity index (χ0n) is 42.3. The Kier molecular flexibility index (Phi) is 50.4. The monoisotopic (exact) mass is 895 g/mol. The maximum Gasteiger partial charge on any atom is 0.306 e. The summed E-state index contributed by atoms with van der Waals surface area (Å²) in [5.74, 6) is -0.939. The molecule has 64 heavy (non-hydrogen) atoms. The molecule has 0 aliphatic rings. The van der Waals surface area contributed by atoms with E-state index in [0.717, 1.165) is 83.5 Å². The van der Waals surface area contributed by atoms with Crippen molar-refractivity contribution in [1.29, 1.82) is 0 Å². The van der Waals surface area contributed by atoms with Gasteiger partial charge in [-0.3, -0.25) is 14.4 Å². The van der Waals surface area contributed by atoms with Gasteiger partial charge in [-0.05, 0) is 64.2 Å². The lowest BCUT2D eigenvalue weighted by molar-refractivity contribution is -0.167. The molecule has 0 aromatic carbocycles. The largest absolute Gasteiger partial charge is 0.462 e. The van der Waals surface area contributed by atoms with E-state index in [1.165, 1.54) is 148 Å². The fourth-order valence-corrected chi connectivity index (χ4v) is 7.74. The molecular formula is C58H102O6. The van der Waals surface area contributed by atoms with Gasteiger partial charge < -0.3 is 14.2 Å². The SMILES string of the molecule is CC/C=C/C=C/C=C/C=C/CCCCCC(=O)OCC(COC(=O)CCCCCCCCCCCCCCCCCCCCC)OC(=O)CCCCC/C=C/CCCCCCCCC. The van der Waals surface area contributed by atoms with Crippen LogP contribution in [-0.2, 0) is 28.6 Å². The number of allylic oxidation sites excluding steroid dienone is 10. The van der Waals surface area contributed by atoms with E-state index in [1.807, 2.05) is 30.4 Å². The standard InChI is InChI=1S/C58H102O6/c1-4-7-10-13-16-19-22-25-27-28-29-30-31-34-36-39-42-45-48-51-57(60)63-54-55(53-62-56(59)50-47-44-41-38-35-32-24-21-18-15-12-9-6-3)64-58(61)52-49-46-43-40-37-33-26-23-20-17-14-11-8-5-2/h9,12,15,18,21,24,32-33,35,37,55H,4-8,10-11,13-14,16-17,19-20,22-23,25-31,34,36,38-54H2,1-3H3/b12-9+,18-15+,24-21+,35-32+,37-33+. The number of carbonyl (C=O) groups is 3. The van der Waals surface area contributed by atoms with Crippen molar-refractivity contribution in [2.75, 3.05) is 13.2 Å². The lowest BCUT2D eigenvalue weighted by atomic mass is 10.0. The Morgan fingerprint density at radius 1 is 0.328 bits per heavy atom. The van der Waals surface area contributed by atoms with Gasteiger partial charge in [0.2, 0.25) is 0 Å². The number of rotatable bonds is 49. The lowest BCUT2D eigenvalue weighted by Crippen LogP contribution is -2.30. The van der Waals surface area contributed by atoms with Gasteiger partial charge >= 0.3 is 17.9 Å². The van der Waals surface area contributed by atoms with Gasteiger partial charge in [0.25, 0.3) is 0 Å². The highest BCUT2D eigenvalue weighted by Gasteiger charge is 2.19. The third-order valence-electron chi connectivity index (χ3n) is 11.9. The minimum Gasteiger partial charge on any atom is -0.462 e. The highest BCUT2D eigenvalue weighted by molar-refractivity contribution is 5.71. The summed E-state index contributed by atoms with van der Waals surface area (Å²) in [5, 5.41) is 0.